The van der Waals surface area contributed by atoms with E-state index in [9.17, 15) is 4.79 Å². The second kappa shape index (κ2) is 7.56. The van der Waals surface area contributed by atoms with Crippen LogP contribution in [0.2, 0.25) is 0 Å². The van der Waals surface area contributed by atoms with Gasteiger partial charge in [-0.1, -0.05) is 0 Å². The molecule has 2 aromatic heterocycles. The molecule has 1 N–H and O–H groups in total. The topological polar surface area (TPSA) is 86.5 Å². The lowest BCUT2D eigenvalue weighted by Crippen LogP contribution is -2.24. The Morgan fingerprint density at radius 3 is 2.86 bits per heavy atom. The average Bonchev–Trinajstić information content (AvgIpc) is 2.84. The predicted octanol–water partition coefficient (Wildman–Crippen LogP) is 1.64. The Kier molecular flexibility index (Phi) is 5.48. The number of aryl methyl sites for hydroxylation is 2. The van der Waals surface area contributed by atoms with Crippen LogP contribution in [0, 0.1) is 13.8 Å². The molecule has 118 valence electrons. The van der Waals surface area contributed by atoms with E-state index < -0.39 is 0 Å². The lowest BCUT2D eigenvalue weighted by Gasteiger charge is -2.09. The van der Waals surface area contributed by atoms with Crippen LogP contribution in [0.5, 0.6) is 5.88 Å². The van der Waals surface area contributed by atoms with Crippen LogP contribution >= 0.6 is 0 Å². The van der Waals surface area contributed by atoms with Gasteiger partial charge >= 0.3 is 0 Å². The highest BCUT2D eigenvalue weighted by atomic mass is 16.5. The van der Waals surface area contributed by atoms with Crippen molar-refractivity contribution in [2.45, 2.75) is 20.4 Å². The van der Waals surface area contributed by atoms with Gasteiger partial charge in [0.2, 0.25) is 11.8 Å². The molecule has 0 atom stereocenters. The van der Waals surface area contributed by atoms with Gasteiger partial charge in [0.1, 0.15) is 17.9 Å². The van der Waals surface area contributed by atoms with Crippen molar-refractivity contribution in [2.24, 2.45) is 0 Å². The number of carbonyl (C=O) groups is 1. The smallest absolute Gasteiger partial charge is 0.257 e. The molecule has 0 aliphatic rings. The van der Waals surface area contributed by atoms with E-state index >= 15 is 0 Å². The molecule has 0 aliphatic carbocycles. The zero-order chi connectivity index (χ0) is 15.9. The Labute approximate surface area is 128 Å². The summed E-state index contributed by atoms with van der Waals surface area (Å²) in [6, 6.07) is 3.33. The van der Waals surface area contributed by atoms with Crippen LogP contribution in [0.4, 0.5) is 0 Å². The summed E-state index contributed by atoms with van der Waals surface area (Å²) in [5.74, 6) is 1.19. The summed E-state index contributed by atoms with van der Waals surface area (Å²) in [7, 11) is 1.58. The number of amides is 1. The number of carbonyl (C=O) groups excluding carboxylic acids is 1. The van der Waals surface area contributed by atoms with E-state index in [2.05, 4.69) is 15.3 Å². The van der Waals surface area contributed by atoms with E-state index in [4.69, 9.17) is 13.9 Å². The van der Waals surface area contributed by atoms with Crippen molar-refractivity contribution in [2.75, 3.05) is 20.3 Å². The van der Waals surface area contributed by atoms with Gasteiger partial charge in [-0.15, -0.1) is 0 Å². The van der Waals surface area contributed by atoms with E-state index in [1.54, 1.807) is 25.4 Å². The molecular weight excluding hydrogens is 286 g/mol. The largest absolute Gasteiger partial charge is 0.475 e. The number of ether oxygens (including phenoxy) is 2. The normalized spacial score (nSPS) is 10.5. The Bertz CT molecular complexity index is 620. The minimum absolute atomic E-state index is 0.208. The molecule has 1 amide bonds. The molecule has 0 aromatic carbocycles. The van der Waals surface area contributed by atoms with E-state index in [1.165, 1.54) is 0 Å². The number of hydrogen-bond acceptors (Lipinski definition) is 6. The maximum Gasteiger partial charge on any atom is 0.257 e. The van der Waals surface area contributed by atoms with Gasteiger partial charge < -0.3 is 19.2 Å². The minimum Gasteiger partial charge on any atom is -0.475 e. The lowest BCUT2D eigenvalue weighted by atomic mass is 10.2. The highest BCUT2D eigenvalue weighted by Crippen LogP contribution is 2.14. The first-order chi connectivity index (χ1) is 10.6. The molecule has 0 fully saturated rings. The zero-order valence-electron chi connectivity index (χ0n) is 12.9. The van der Waals surface area contributed by atoms with Crippen LogP contribution < -0.4 is 10.1 Å². The van der Waals surface area contributed by atoms with Gasteiger partial charge in [0.25, 0.3) is 5.91 Å². The third-order valence-electron chi connectivity index (χ3n) is 3.02. The number of pyridine rings is 1. The second-order valence-electron chi connectivity index (χ2n) is 4.63. The summed E-state index contributed by atoms with van der Waals surface area (Å²) in [6.07, 6.45) is 1.57. The molecule has 7 nitrogen and oxygen atoms in total. The summed E-state index contributed by atoms with van der Waals surface area (Å²) < 4.78 is 15.8. The molecule has 2 aromatic rings. The Morgan fingerprint density at radius 2 is 2.18 bits per heavy atom. The van der Waals surface area contributed by atoms with Crippen molar-refractivity contribution in [1.29, 1.82) is 0 Å². The maximum atomic E-state index is 12.2. The van der Waals surface area contributed by atoms with Crippen molar-refractivity contribution in [3.8, 4) is 5.88 Å². The molecule has 2 rings (SSSR count). The number of nitrogens with one attached hydrogen (secondary N) is 1. The van der Waals surface area contributed by atoms with Crippen molar-refractivity contribution in [3.63, 3.8) is 0 Å². The molecule has 7 heteroatoms. The number of methoxy groups -OCH3 is 1. The molecular formula is C15H19N3O4. The summed E-state index contributed by atoms with van der Waals surface area (Å²) in [4.78, 5) is 20.5. The molecule has 0 spiro atoms. The number of nitrogens with zero attached hydrogens (tertiary/aromatic N) is 2. The summed E-state index contributed by atoms with van der Waals surface area (Å²) in [5.41, 5.74) is 1.17. The highest BCUT2D eigenvalue weighted by Gasteiger charge is 2.14. The third-order valence-corrected chi connectivity index (χ3v) is 3.02. The summed E-state index contributed by atoms with van der Waals surface area (Å²) in [6.45, 7) is 4.64. The van der Waals surface area contributed by atoms with Crippen molar-refractivity contribution in [1.82, 2.24) is 15.3 Å². The van der Waals surface area contributed by atoms with Crippen LogP contribution in [-0.4, -0.2) is 36.2 Å². The Morgan fingerprint density at radius 1 is 1.36 bits per heavy atom. The molecule has 0 saturated carbocycles. The quantitative estimate of drug-likeness (QED) is 0.783. The van der Waals surface area contributed by atoms with Crippen molar-refractivity contribution >= 4 is 5.91 Å². The van der Waals surface area contributed by atoms with E-state index in [0.717, 1.165) is 11.5 Å². The molecule has 0 aliphatic heterocycles. The number of aromatic nitrogens is 2. The van der Waals surface area contributed by atoms with Gasteiger partial charge in [0.15, 0.2) is 0 Å². The van der Waals surface area contributed by atoms with Gasteiger partial charge in [-0.2, -0.15) is 0 Å². The molecule has 2 heterocycles. The predicted molar refractivity (Wildman–Crippen MR) is 78.8 cm³/mol. The number of oxazole rings is 1. The van der Waals surface area contributed by atoms with Crippen LogP contribution in [0.3, 0.4) is 0 Å². The first-order valence-corrected chi connectivity index (χ1v) is 6.89. The summed E-state index contributed by atoms with van der Waals surface area (Å²) in [5, 5.41) is 2.74. The van der Waals surface area contributed by atoms with Crippen LogP contribution in [0.25, 0.3) is 0 Å². The van der Waals surface area contributed by atoms with Crippen LogP contribution in [0.1, 0.15) is 27.7 Å². The van der Waals surface area contributed by atoms with Crippen molar-refractivity contribution < 1.29 is 18.7 Å². The molecule has 0 bridgehead atoms. The van der Waals surface area contributed by atoms with Gasteiger partial charge in [-0.25, -0.2) is 9.97 Å². The summed E-state index contributed by atoms with van der Waals surface area (Å²) >= 11 is 0. The average molecular weight is 305 g/mol. The fourth-order valence-electron chi connectivity index (χ4n) is 1.77. The molecule has 22 heavy (non-hydrogen) atoms. The monoisotopic (exact) mass is 305 g/mol. The SMILES string of the molecule is COCCOc1ncccc1C(=O)NCc1nc(C)c(C)o1. The van der Waals surface area contributed by atoms with Crippen LogP contribution in [0.15, 0.2) is 22.7 Å². The minimum atomic E-state index is -0.297. The Balaban J connectivity index is 1.99. The van der Waals surface area contributed by atoms with Gasteiger partial charge in [0, 0.05) is 13.3 Å². The lowest BCUT2D eigenvalue weighted by molar-refractivity contribution is 0.0937. The Hall–Kier alpha value is -2.41. The van der Waals surface area contributed by atoms with Gasteiger partial charge in [-0.3, -0.25) is 4.79 Å². The first-order valence-electron chi connectivity index (χ1n) is 6.89. The van der Waals surface area contributed by atoms with E-state index in [0.29, 0.717) is 24.7 Å². The molecule has 0 radical (unpaired) electrons. The second-order valence-corrected chi connectivity index (χ2v) is 4.63. The number of rotatable bonds is 7. The number of hydrogen-bond donors (Lipinski definition) is 1. The molecule has 0 unspecified atom stereocenters. The van der Waals surface area contributed by atoms with E-state index in [1.807, 2.05) is 13.8 Å². The first kappa shape index (κ1) is 16.0. The van der Waals surface area contributed by atoms with E-state index in [-0.39, 0.29) is 18.3 Å². The fourth-order valence-corrected chi connectivity index (χ4v) is 1.77. The van der Waals surface area contributed by atoms with Gasteiger partial charge in [-0.05, 0) is 26.0 Å². The van der Waals surface area contributed by atoms with Gasteiger partial charge in [0.05, 0.1) is 18.8 Å². The molecule has 0 saturated heterocycles. The maximum absolute atomic E-state index is 12.2. The zero-order valence-corrected chi connectivity index (χ0v) is 12.9. The third kappa shape index (κ3) is 4.05. The standard InChI is InChI=1S/C15H19N3O4/c1-10-11(2)22-13(18-10)9-17-14(19)12-5-4-6-16-15(12)21-8-7-20-3/h4-6H,7-9H2,1-3H3,(H,17,19). The highest BCUT2D eigenvalue weighted by molar-refractivity contribution is 5.96. The van der Waals surface area contributed by atoms with Crippen molar-refractivity contribution in [3.05, 3.63) is 41.2 Å². The fraction of sp³-hybridized carbons (Fsp3) is 0.400. The van der Waals surface area contributed by atoms with Crippen LogP contribution in [-0.2, 0) is 11.3 Å².